The van der Waals surface area contributed by atoms with Gasteiger partial charge in [0.05, 0.1) is 28.8 Å². The molecular weight excluding hydrogens is 556 g/mol. The van der Waals surface area contributed by atoms with Gasteiger partial charge in [0.15, 0.2) is 11.5 Å². The number of fused-ring (bicyclic) bond motifs is 2. The van der Waals surface area contributed by atoms with Gasteiger partial charge >= 0.3 is 0 Å². The largest absolute Gasteiger partial charge is 0.486 e. The van der Waals surface area contributed by atoms with Crippen LogP contribution in [0.2, 0.25) is 5.02 Å². The molecule has 3 heterocycles. The Morgan fingerprint density at radius 1 is 1.02 bits per heavy atom. The van der Waals surface area contributed by atoms with Gasteiger partial charge < -0.3 is 24.8 Å². The van der Waals surface area contributed by atoms with E-state index in [0.29, 0.717) is 47.9 Å². The van der Waals surface area contributed by atoms with Crippen molar-refractivity contribution in [1.82, 2.24) is 20.0 Å². The first-order valence-corrected chi connectivity index (χ1v) is 14.7. The molecule has 1 amide bonds. The number of rotatable bonds is 9. The van der Waals surface area contributed by atoms with Crippen LogP contribution in [-0.4, -0.2) is 70.4 Å². The van der Waals surface area contributed by atoms with Crippen LogP contribution in [0.4, 0.5) is 0 Å². The summed E-state index contributed by atoms with van der Waals surface area (Å²) in [5.41, 5.74) is 3.83. The van der Waals surface area contributed by atoms with Crippen molar-refractivity contribution >= 4 is 34.2 Å². The highest BCUT2D eigenvalue weighted by Crippen LogP contribution is 2.40. The molecule has 2 aliphatic heterocycles. The van der Waals surface area contributed by atoms with Crippen LogP contribution in [0.15, 0.2) is 60.8 Å². The Balaban J connectivity index is 1.07. The maximum absolute atomic E-state index is 13.2. The Morgan fingerprint density at radius 2 is 1.79 bits per heavy atom. The topological polar surface area (TPSA) is 106 Å². The number of halogens is 1. The van der Waals surface area contributed by atoms with Gasteiger partial charge in [0.2, 0.25) is 5.78 Å². The molecule has 1 saturated carbocycles. The lowest BCUT2D eigenvalue weighted by atomic mass is 9.98. The van der Waals surface area contributed by atoms with Crippen molar-refractivity contribution in [2.24, 2.45) is 0 Å². The second-order valence-corrected chi connectivity index (χ2v) is 11.6. The van der Waals surface area contributed by atoms with E-state index in [4.69, 9.17) is 21.1 Å². The van der Waals surface area contributed by atoms with Crippen LogP contribution in [0, 0.1) is 0 Å². The minimum atomic E-state index is -1.11. The molecular formula is C32H31ClN4O5. The van der Waals surface area contributed by atoms with E-state index in [1.807, 2.05) is 18.3 Å². The average molecular weight is 587 g/mol. The molecule has 42 heavy (non-hydrogen) atoms. The second kappa shape index (κ2) is 11.1. The third-order valence-corrected chi connectivity index (χ3v) is 8.52. The van der Waals surface area contributed by atoms with Gasteiger partial charge in [-0.1, -0.05) is 41.9 Å². The lowest BCUT2D eigenvalue weighted by Gasteiger charge is -2.36. The quantitative estimate of drug-likeness (QED) is 0.219. The fraction of sp³-hybridized carbons (Fsp3) is 0.344. The highest BCUT2D eigenvalue weighted by atomic mass is 35.5. The first-order chi connectivity index (χ1) is 20.4. The van der Waals surface area contributed by atoms with E-state index in [2.05, 4.69) is 38.2 Å². The molecule has 9 nitrogen and oxygen atoms in total. The summed E-state index contributed by atoms with van der Waals surface area (Å²) in [6.45, 7) is 2.90. The number of aromatic nitrogens is 2. The van der Waals surface area contributed by atoms with E-state index >= 15 is 0 Å². The van der Waals surface area contributed by atoms with Crippen molar-refractivity contribution < 1.29 is 24.2 Å². The van der Waals surface area contributed by atoms with Crippen molar-refractivity contribution in [3.8, 4) is 22.6 Å². The molecule has 2 atom stereocenters. The SMILES string of the molecule is O=C(N[C@H](CN1CCC1)[C@H](O)c1cc(Cl)c2c(c1)OCCO2)C(=O)c1ccc(-c2ccc3c(cnn3C3CC3)c2)cc1. The fourth-order valence-electron chi connectivity index (χ4n) is 5.62. The summed E-state index contributed by atoms with van der Waals surface area (Å²) in [5.74, 6) is -0.549. The monoisotopic (exact) mass is 586 g/mol. The molecule has 4 aromatic rings. The summed E-state index contributed by atoms with van der Waals surface area (Å²) < 4.78 is 13.3. The standard InChI is InChI=1S/C32H31ClN4O5/c33-25-15-22(16-28-31(25)42-13-12-41-28)29(38)26(18-36-10-1-11-36)35-32(40)30(39)20-4-2-19(3-5-20)21-6-9-27-23(14-21)17-34-37(27)24-7-8-24/h2-6,9,14-17,24,26,29,38H,1,7-8,10-13,18H2,(H,35,40)/t26-,29-/m1/s1. The van der Waals surface area contributed by atoms with Crippen molar-refractivity contribution in [3.63, 3.8) is 0 Å². The third kappa shape index (κ3) is 5.24. The number of amides is 1. The number of hydrogen-bond donors (Lipinski definition) is 2. The van der Waals surface area contributed by atoms with Gasteiger partial charge in [0, 0.05) is 17.5 Å². The van der Waals surface area contributed by atoms with E-state index in [9.17, 15) is 14.7 Å². The van der Waals surface area contributed by atoms with E-state index in [1.165, 1.54) is 12.8 Å². The molecule has 216 valence electrons. The van der Waals surface area contributed by atoms with Gasteiger partial charge in [-0.15, -0.1) is 0 Å². The number of likely N-dealkylation sites (tertiary alicyclic amines) is 1. The number of ether oxygens (including phenoxy) is 2. The lowest BCUT2D eigenvalue weighted by molar-refractivity contribution is -0.118. The zero-order valence-corrected chi connectivity index (χ0v) is 23.7. The number of Topliss-reactive ketones (excluding diaryl/α,β-unsaturated/α-hetero) is 1. The van der Waals surface area contributed by atoms with Crippen molar-refractivity contribution in [2.45, 2.75) is 37.5 Å². The van der Waals surface area contributed by atoms with E-state index in [-0.39, 0.29) is 5.56 Å². The molecule has 2 N–H and O–H groups in total. The molecule has 0 radical (unpaired) electrons. The minimum Gasteiger partial charge on any atom is -0.486 e. The number of ketones is 1. The van der Waals surface area contributed by atoms with Crippen LogP contribution >= 0.6 is 11.6 Å². The molecule has 3 aliphatic rings. The van der Waals surface area contributed by atoms with Gasteiger partial charge in [-0.05, 0) is 73.3 Å². The van der Waals surface area contributed by atoms with Crippen LogP contribution in [-0.2, 0) is 4.79 Å². The number of aliphatic hydroxyl groups is 1. The number of nitrogens with one attached hydrogen (secondary N) is 1. The highest BCUT2D eigenvalue weighted by molar-refractivity contribution is 6.42. The summed E-state index contributed by atoms with van der Waals surface area (Å²) in [6, 6.07) is 16.3. The summed E-state index contributed by atoms with van der Waals surface area (Å²) in [5, 5.41) is 20.1. The summed E-state index contributed by atoms with van der Waals surface area (Å²) in [6.07, 6.45) is 4.17. The first-order valence-electron chi connectivity index (χ1n) is 14.4. The smallest absolute Gasteiger partial charge is 0.292 e. The Kier molecular flexibility index (Phi) is 7.09. The molecule has 7 rings (SSSR count). The predicted octanol–water partition coefficient (Wildman–Crippen LogP) is 4.57. The minimum absolute atomic E-state index is 0.276. The Labute approximate surface area is 248 Å². The van der Waals surface area contributed by atoms with Gasteiger partial charge in [0.25, 0.3) is 5.91 Å². The number of nitrogens with zero attached hydrogens (tertiary/aromatic N) is 3. The normalized spacial score (nSPS) is 17.9. The number of aliphatic hydroxyl groups excluding tert-OH is 1. The molecule has 0 bridgehead atoms. The van der Waals surface area contributed by atoms with Crippen LogP contribution in [0.1, 0.15) is 47.3 Å². The van der Waals surface area contributed by atoms with E-state index in [0.717, 1.165) is 41.5 Å². The maximum Gasteiger partial charge on any atom is 0.292 e. The van der Waals surface area contributed by atoms with Crippen LogP contribution < -0.4 is 14.8 Å². The lowest BCUT2D eigenvalue weighted by Crippen LogP contribution is -2.52. The average Bonchev–Trinajstić information content (AvgIpc) is 3.75. The van der Waals surface area contributed by atoms with E-state index in [1.54, 1.807) is 24.3 Å². The van der Waals surface area contributed by atoms with Gasteiger partial charge in [-0.3, -0.25) is 14.3 Å². The number of carbonyl (C=O) groups excluding carboxylic acids is 2. The number of hydrogen-bond acceptors (Lipinski definition) is 7. The predicted molar refractivity (Wildman–Crippen MR) is 158 cm³/mol. The fourth-order valence-corrected chi connectivity index (χ4v) is 5.90. The molecule has 3 aromatic carbocycles. The molecule has 10 heteroatoms. The third-order valence-electron chi connectivity index (χ3n) is 8.24. The van der Waals surface area contributed by atoms with Crippen molar-refractivity contribution in [2.75, 3.05) is 32.8 Å². The summed E-state index contributed by atoms with van der Waals surface area (Å²) in [4.78, 5) is 28.5. The first kappa shape index (κ1) is 26.9. The Bertz CT molecular complexity index is 1660. The zero-order chi connectivity index (χ0) is 28.8. The van der Waals surface area contributed by atoms with Crippen molar-refractivity contribution in [3.05, 3.63) is 76.9 Å². The molecule has 1 aliphatic carbocycles. The van der Waals surface area contributed by atoms with Crippen LogP contribution in [0.25, 0.3) is 22.0 Å². The number of carbonyl (C=O) groups is 2. The number of benzene rings is 3. The molecule has 1 aromatic heterocycles. The highest BCUT2D eigenvalue weighted by Gasteiger charge is 2.31. The molecule has 1 saturated heterocycles. The van der Waals surface area contributed by atoms with Gasteiger partial charge in [0.1, 0.15) is 19.3 Å². The van der Waals surface area contributed by atoms with E-state index < -0.39 is 23.8 Å². The summed E-state index contributed by atoms with van der Waals surface area (Å²) in [7, 11) is 0. The van der Waals surface area contributed by atoms with Gasteiger partial charge in [-0.25, -0.2) is 0 Å². The molecule has 0 unspecified atom stereocenters. The summed E-state index contributed by atoms with van der Waals surface area (Å²) >= 11 is 6.41. The van der Waals surface area contributed by atoms with Crippen LogP contribution in [0.3, 0.4) is 0 Å². The molecule has 0 spiro atoms. The van der Waals surface area contributed by atoms with Crippen molar-refractivity contribution in [1.29, 1.82) is 0 Å². The van der Waals surface area contributed by atoms with Crippen LogP contribution in [0.5, 0.6) is 11.5 Å². The Hall–Kier alpha value is -3.92. The maximum atomic E-state index is 13.2. The van der Waals surface area contributed by atoms with Gasteiger partial charge in [-0.2, -0.15) is 5.10 Å². The Morgan fingerprint density at radius 3 is 2.52 bits per heavy atom. The second-order valence-electron chi connectivity index (χ2n) is 11.2. The molecule has 2 fully saturated rings. The zero-order valence-electron chi connectivity index (χ0n) is 23.0.